The highest BCUT2D eigenvalue weighted by molar-refractivity contribution is 6.09. The average molecular weight is 406 g/mol. The fraction of sp³-hybridized carbons (Fsp3) is 0.346. The third-order valence-corrected chi connectivity index (χ3v) is 5.20. The Balaban J connectivity index is 2.30. The number of aryl methyl sites for hydroxylation is 1. The molecule has 0 unspecified atom stereocenters. The molecule has 2 aromatic carbocycles. The van der Waals surface area contributed by atoms with Crippen LogP contribution < -0.4 is 4.90 Å². The highest BCUT2D eigenvalue weighted by Gasteiger charge is 2.30. The van der Waals surface area contributed by atoms with Gasteiger partial charge in [-0.05, 0) is 54.2 Å². The second-order valence-electron chi connectivity index (χ2n) is 9.84. The van der Waals surface area contributed by atoms with Gasteiger partial charge in [-0.1, -0.05) is 59.2 Å². The van der Waals surface area contributed by atoms with Crippen molar-refractivity contribution >= 4 is 17.3 Å². The number of anilines is 2. The van der Waals surface area contributed by atoms with Crippen LogP contribution in [0.3, 0.4) is 0 Å². The van der Waals surface area contributed by atoms with E-state index in [9.17, 15) is 9.90 Å². The molecule has 4 nitrogen and oxygen atoms in total. The Morgan fingerprint density at radius 2 is 1.40 bits per heavy atom. The van der Waals surface area contributed by atoms with Crippen molar-refractivity contribution in [1.29, 1.82) is 0 Å². The first-order chi connectivity index (χ1) is 13.9. The number of furan rings is 1. The first kappa shape index (κ1) is 21.7. The lowest BCUT2D eigenvalue weighted by Crippen LogP contribution is -2.27. The Kier molecular flexibility index (Phi) is 5.55. The van der Waals surface area contributed by atoms with Gasteiger partial charge in [0.25, 0.3) is 5.91 Å². The zero-order valence-corrected chi connectivity index (χ0v) is 18.9. The predicted molar refractivity (Wildman–Crippen MR) is 122 cm³/mol. The first-order valence-electron chi connectivity index (χ1n) is 10.2. The van der Waals surface area contributed by atoms with Crippen molar-refractivity contribution in [3.05, 3.63) is 77.2 Å². The number of carbonyl (C=O) groups is 1. The number of hydrogen-bond donors (Lipinski definition) is 1. The minimum atomic E-state index is -0.299. The molecular formula is C26H31NO3. The van der Waals surface area contributed by atoms with Crippen LogP contribution in [0, 0.1) is 6.92 Å². The number of hydrogen-bond acceptors (Lipinski definition) is 3. The standard InChI is InChI=1S/C26H31NO3/c1-17-10-12-18(13-11-17)27(24(29)22-9-8-14-30-22)19-15-20(25(2,3)4)23(28)21(16-19)26(5,6)7/h8-16,28H,1-7H3. The summed E-state index contributed by atoms with van der Waals surface area (Å²) in [6.45, 7) is 14.4. The van der Waals surface area contributed by atoms with Crippen molar-refractivity contribution in [2.75, 3.05) is 4.90 Å². The largest absolute Gasteiger partial charge is 0.507 e. The van der Waals surface area contributed by atoms with Crippen LogP contribution in [-0.4, -0.2) is 11.0 Å². The summed E-state index contributed by atoms with van der Waals surface area (Å²) in [4.78, 5) is 15.1. The summed E-state index contributed by atoms with van der Waals surface area (Å²) < 4.78 is 5.42. The topological polar surface area (TPSA) is 53.7 Å². The summed E-state index contributed by atoms with van der Waals surface area (Å²) >= 11 is 0. The maximum absolute atomic E-state index is 13.5. The van der Waals surface area contributed by atoms with E-state index in [2.05, 4.69) is 41.5 Å². The van der Waals surface area contributed by atoms with Crippen LogP contribution in [0.4, 0.5) is 11.4 Å². The molecule has 0 saturated carbocycles. The molecule has 0 fully saturated rings. The van der Waals surface area contributed by atoms with E-state index < -0.39 is 0 Å². The zero-order valence-electron chi connectivity index (χ0n) is 18.9. The minimum Gasteiger partial charge on any atom is -0.507 e. The lowest BCUT2D eigenvalue weighted by Gasteiger charge is -2.31. The second kappa shape index (κ2) is 7.67. The number of nitrogens with zero attached hydrogens (tertiary/aromatic N) is 1. The first-order valence-corrected chi connectivity index (χ1v) is 10.2. The lowest BCUT2D eigenvalue weighted by atomic mass is 9.79. The Morgan fingerprint density at radius 1 is 0.867 bits per heavy atom. The van der Waals surface area contributed by atoms with E-state index in [0.717, 1.165) is 22.4 Å². The molecule has 30 heavy (non-hydrogen) atoms. The molecule has 0 bridgehead atoms. The van der Waals surface area contributed by atoms with Gasteiger partial charge >= 0.3 is 0 Å². The smallest absolute Gasteiger partial charge is 0.298 e. The van der Waals surface area contributed by atoms with E-state index in [0.29, 0.717) is 5.69 Å². The number of amides is 1. The summed E-state index contributed by atoms with van der Waals surface area (Å²) in [5.41, 5.74) is 3.56. The zero-order chi connectivity index (χ0) is 22.3. The van der Waals surface area contributed by atoms with Crippen LogP contribution >= 0.6 is 0 Å². The van der Waals surface area contributed by atoms with Gasteiger partial charge in [-0.15, -0.1) is 0 Å². The number of aromatic hydroxyl groups is 1. The molecule has 4 heteroatoms. The second-order valence-corrected chi connectivity index (χ2v) is 9.84. The van der Waals surface area contributed by atoms with E-state index >= 15 is 0 Å². The molecule has 1 N–H and O–H groups in total. The third-order valence-electron chi connectivity index (χ3n) is 5.20. The SMILES string of the molecule is Cc1ccc(N(C(=O)c2ccco2)c2cc(C(C)(C)C)c(O)c(C(C)(C)C)c2)cc1. The van der Waals surface area contributed by atoms with Gasteiger partial charge in [-0.25, -0.2) is 0 Å². The third kappa shape index (κ3) is 4.28. The quantitative estimate of drug-likeness (QED) is 0.517. The summed E-state index contributed by atoms with van der Waals surface area (Å²) in [5.74, 6) is 0.292. The van der Waals surface area contributed by atoms with Gasteiger partial charge in [0.15, 0.2) is 5.76 Å². The molecule has 3 rings (SSSR count). The fourth-order valence-corrected chi connectivity index (χ4v) is 3.48. The van der Waals surface area contributed by atoms with Gasteiger partial charge in [-0.3, -0.25) is 9.69 Å². The van der Waals surface area contributed by atoms with E-state index in [1.165, 1.54) is 6.26 Å². The van der Waals surface area contributed by atoms with Gasteiger partial charge < -0.3 is 9.52 Å². The molecule has 158 valence electrons. The Morgan fingerprint density at radius 3 is 1.83 bits per heavy atom. The summed E-state index contributed by atoms with van der Waals surface area (Å²) in [7, 11) is 0. The summed E-state index contributed by atoms with van der Waals surface area (Å²) in [6, 6.07) is 15.0. The Labute approximate surface area is 179 Å². The van der Waals surface area contributed by atoms with Gasteiger partial charge in [0, 0.05) is 16.8 Å². The van der Waals surface area contributed by atoms with E-state index in [4.69, 9.17) is 4.42 Å². The highest BCUT2D eigenvalue weighted by atomic mass is 16.3. The Hall–Kier alpha value is -3.01. The molecule has 0 atom stereocenters. The van der Waals surface area contributed by atoms with E-state index in [1.807, 2.05) is 43.3 Å². The molecular weight excluding hydrogens is 374 g/mol. The van der Waals surface area contributed by atoms with Crippen molar-refractivity contribution in [2.24, 2.45) is 0 Å². The number of rotatable bonds is 3. The maximum atomic E-state index is 13.5. The fourth-order valence-electron chi connectivity index (χ4n) is 3.48. The molecule has 0 aliphatic heterocycles. The van der Waals surface area contributed by atoms with Crippen LogP contribution in [0.15, 0.2) is 59.2 Å². The van der Waals surface area contributed by atoms with E-state index in [1.54, 1.807) is 17.0 Å². The summed E-state index contributed by atoms with van der Waals surface area (Å²) in [5, 5.41) is 11.1. The van der Waals surface area contributed by atoms with Gasteiger partial charge in [-0.2, -0.15) is 0 Å². The number of phenols is 1. The molecule has 1 heterocycles. The minimum absolute atomic E-state index is 0.255. The van der Waals surface area contributed by atoms with Gasteiger partial charge in [0.1, 0.15) is 5.75 Å². The van der Waals surface area contributed by atoms with Gasteiger partial charge in [0.05, 0.1) is 12.0 Å². The van der Waals surface area contributed by atoms with Crippen LogP contribution in [-0.2, 0) is 10.8 Å². The Bertz CT molecular complexity index is 998. The molecule has 0 aliphatic rings. The highest BCUT2D eigenvalue weighted by Crippen LogP contribution is 2.43. The number of phenolic OH excluding ortho intramolecular Hbond substituents is 1. The maximum Gasteiger partial charge on any atom is 0.298 e. The average Bonchev–Trinajstić information content (AvgIpc) is 3.17. The predicted octanol–water partition coefficient (Wildman–Crippen LogP) is 6.87. The molecule has 1 amide bonds. The monoisotopic (exact) mass is 405 g/mol. The number of benzene rings is 2. The van der Waals surface area contributed by atoms with E-state index in [-0.39, 0.29) is 28.2 Å². The van der Waals surface area contributed by atoms with Crippen molar-refractivity contribution in [1.82, 2.24) is 0 Å². The van der Waals surface area contributed by atoms with Crippen LogP contribution in [0.5, 0.6) is 5.75 Å². The summed E-state index contributed by atoms with van der Waals surface area (Å²) in [6.07, 6.45) is 1.50. The molecule has 0 spiro atoms. The van der Waals surface area contributed by atoms with Crippen LogP contribution in [0.1, 0.15) is 68.8 Å². The van der Waals surface area contributed by atoms with Crippen molar-refractivity contribution in [3.63, 3.8) is 0 Å². The van der Waals surface area contributed by atoms with Crippen LogP contribution in [0.2, 0.25) is 0 Å². The molecule has 0 aliphatic carbocycles. The lowest BCUT2D eigenvalue weighted by molar-refractivity contribution is 0.0973. The molecule has 0 radical (unpaired) electrons. The van der Waals surface area contributed by atoms with Crippen LogP contribution in [0.25, 0.3) is 0 Å². The molecule has 0 saturated heterocycles. The number of carbonyl (C=O) groups excluding carboxylic acids is 1. The van der Waals surface area contributed by atoms with Crippen molar-refractivity contribution in [3.8, 4) is 5.75 Å². The van der Waals surface area contributed by atoms with Crippen molar-refractivity contribution < 1.29 is 14.3 Å². The normalized spacial score (nSPS) is 12.1. The van der Waals surface area contributed by atoms with Gasteiger partial charge in [0.2, 0.25) is 0 Å². The molecule has 3 aromatic rings. The van der Waals surface area contributed by atoms with Crippen molar-refractivity contribution in [2.45, 2.75) is 59.3 Å². The molecule has 1 aromatic heterocycles.